The fraction of sp³-hybridized carbons (Fsp3) is 0.320. The molecule has 34 heavy (non-hydrogen) atoms. The molecule has 1 aromatic carbocycles. The summed E-state index contributed by atoms with van der Waals surface area (Å²) >= 11 is 1.48. The first-order chi connectivity index (χ1) is 16.5. The molecule has 9 heteroatoms. The van der Waals surface area contributed by atoms with Gasteiger partial charge in [0.25, 0.3) is 11.8 Å². The number of hydrogen-bond donors (Lipinski definition) is 2. The van der Waals surface area contributed by atoms with Crippen molar-refractivity contribution < 1.29 is 23.8 Å². The van der Waals surface area contributed by atoms with Crippen LogP contribution in [0.1, 0.15) is 49.6 Å². The summed E-state index contributed by atoms with van der Waals surface area (Å²) in [6.45, 7) is 0.260. The molecular formula is C25H27N3O5S. The number of carbonyl (C=O) groups excluding carboxylic acids is 2. The van der Waals surface area contributed by atoms with E-state index in [-0.39, 0.29) is 18.4 Å². The molecule has 4 rings (SSSR count). The predicted octanol–water partition coefficient (Wildman–Crippen LogP) is 4.23. The molecule has 0 radical (unpaired) electrons. The summed E-state index contributed by atoms with van der Waals surface area (Å²) in [4.78, 5) is 31.3. The van der Waals surface area contributed by atoms with Gasteiger partial charge in [0, 0.05) is 23.8 Å². The molecule has 2 aromatic heterocycles. The molecule has 2 amide bonds. The molecular weight excluding hydrogens is 454 g/mol. The molecule has 1 aliphatic carbocycles. The van der Waals surface area contributed by atoms with Crippen molar-refractivity contribution in [1.82, 2.24) is 10.3 Å². The van der Waals surface area contributed by atoms with Gasteiger partial charge in [-0.1, -0.05) is 0 Å². The van der Waals surface area contributed by atoms with E-state index in [9.17, 15) is 9.59 Å². The number of pyridine rings is 1. The van der Waals surface area contributed by atoms with Gasteiger partial charge in [0.2, 0.25) is 5.75 Å². The van der Waals surface area contributed by atoms with Crippen LogP contribution in [0.3, 0.4) is 0 Å². The van der Waals surface area contributed by atoms with E-state index in [0.29, 0.717) is 33.4 Å². The highest BCUT2D eigenvalue weighted by atomic mass is 32.1. The van der Waals surface area contributed by atoms with Crippen LogP contribution in [0, 0.1) is 0 Å². The molecule has 0 aliphatic heterocycles. The lowest BCUT2D eigenvalue weighted by Gasteiger charge is -2.15. The lowest BCUT2D eigenvalue weighted by molar-refractivity contribution is 0.0951. The average Bonchev–Trinajstić information content (AvgIpc) is 3.24. The van der Waals surface area contributed by atoms with E-state index in [1.54, 1.807) is 51.8 Å². The number of amides is 2. The molecule has 0 atom stereocenters. The maximum atomic E-state index is 13.4. The molecule has 2 N–H and O–H groups in total. The Hall–Kier alpha value is -3.59. The van der Waals surface area contributed by atoms with Crippen LogP contribution in [-0.2, 0) is 19.4 Å². The summed E-state index contributed by atoms with van der Waals surface area (Å²) in [5, 5.41) is 6.51. The molecule has 2 heterocycles. The first kappa shape index (κ1) is 23.6. The number of methoxy groups -OCH3 is 3. The van der Waals surface area contributed by atoms with E-state index < -0.39 is 0 Å². The Morgan fingerprint density at radius 2 is 1.76 bits per heavy atom. The second-order valence-electron chi connectivity index (χ2n) is 7.83. The molecule has 0 unspecified atom stereocenters. The highest BCUT2D eigenvalue weighted by Crippen LogP contribution is 2.39. The topological polar surface area (TPSA) is 98.8 Å². The number of anilines is 1. The third kappa shape index (κ3) is 4.84. The SMILES string of the molecule is COc1cc(CNC(=O)c2c(NC(=O)c3cccnc3)sc3c2CCCC3)cc(OC)c1OC. The van der Waals surface area contributed by atoms with Crippen LogP contribution in [-0.4, -0.2) is 38.1 Å². The van der Waals surface area contributed by atoms with Crippen molar-refractivity contribution in [3.05, 3.63) is 63.8 Å². The Morgan fingerprint density at radius 3 is 2.41 bits per heavy atom. The van der Waals surface area contributed by atoms with Gasteiger partial charge in [0.05, 0.1) is 32.5 Å². The Balaban J connectivity index is 1.58. The number of ether oxygens (including phenoxy) is 3. The summed E-state index contributed by atoms with van der Waals surface area (Å²) in [7, 11) is 4.64. The standard InChI is InChI=1S/C25H27N3O5S/c1-31-18-11-15(12-19(32-2)22(18)33-3)13-27-24(30)21-17-8-4-5-9-20(17)34-25(21)28-23(29)16-7-6-10-26-14-16/h6-7,10-12,14H,4-5,8-9,13H2,1-3H3,(H,27,30)(H,28,29). The van der Waals surface area contributed by atoms with E-state index >= 15 is 0 Å². The maximum Gasteiger partial charge on any atom is 0.257 e. The summed E-state index contributed by atoms with van der Waals surface area (Å²) in [6.07, 6.45) is 6.95. The molecule has 178 valence electrons. The monoisotopic (exact) mass is 481 g/mol. The van der Waals surface area contributed by atoms with Gasteiger partial charge < -0.3 is 24.8 Å². The van der Waals surface area contributed by atoms with Crippen molar-refractivity contribution in [2.45, 2.75) is 32.2 Å². The Morgan fingerprint density at radius 1 is 1.03 bits per heavy atom. The zero-order valence-corrected chi connectivity index (χ0v) is 20.2. The number of benzene rings is 1. The summed E-state index contributed by atoms with van der Waals surface area (Å²) in [5.41, 5.74) is 2.81. The molecule has 0 fully saturated rings. The van der Waals surface area contributed by atoms with Crippen molar-refractivity contribution in [1.29, 1.82) is 0 Å². The van der Waals surface area contributed by atoms with Crippen molar-refractivity contribution in [3.8, 4) is 17.2 Å². The van der Waals surface area contributed by atoms with Gasteiger partial charge in [0.1, 0.15) is 5.00 Å². The van der Waals surface area contributed by atoms with Crippen LogP contribution in [0.15, 0.2) is 36.7 Å². The van der Waals surface area contributed by atoms with Gasteiger partial charge in [-0.2, -0.15) is 0 Å². The fourth-order valence-corrected chi connectivity index (χ4v) is 5.36. The third-order valence-electron chi connectivity index (χ3n) is 5.73. The minimum atomic E-state index is -0.287. The fourth-order valence-electron chi connectivity index (χ4n) is 4.07. The van der Waals surface area contributed by atoms with Gasteiger partial charge in [0.15, 0.2) is 11.5 Å². The maximum absolute atomic E-state index is 13.4. The van der Waals surface area contributed by atoms with E-state index in [4.69, 9.17) is 14.2 Å². The Labute approximate surface area is 202 Å². The molecule has 0 saturated carbocycles. The largest absolute Gasteiger partial charge is 0.493 e. The number of nitrogens with zero attached hydrogens (tertiary/aromatic N) is 1. The molecule has 3 aromatic rings. The van der Waals surface area contributed by atoms with Gasteiger partial charge >= 0.3 is 0 Å². The lowest BCUT2D eigenvalue weighted by atomic mass is 9.95. The smallest absolute Gasteiger partial charge is 0.257 e. The highest BCUT2D eigenvalue weighted by molar-refractivity contribution is 7.17. The van der Waals surface area contributed by atoms with E-state index in [1.807, 2.05) is 0 Å². The van der Waals surface area contributed by atoms with Crippen LogP contribution in [0.2, 0.25) is 0 Å². The molecule has 0 bridgehead atoms. The normalized spacial score (nSPS) is 12.4. The van der Waals surface area contributed by atoms with Crippen molar-refractivity contribution in [2.24, 2.45) is 0 Å². The van der Waals surface area contributed by atoms with E-state index in [0.717, 1.165) is 41.7 Å². The zero-order chi connectivity index (χ0) is 24.1. The van der Waals surface area contributed by atoms with Crippen LogP contribution < -0.4 is 24.8 Å². The van der Waals surface area contributed by atoms with Crippen LogP contribution in [0.4, 0.5) is 5.00 Å². The lowest BCUT2D eigenvalue weighted by Crippen LogP contribution is -2.25. The second kappa shape index (κ2) is 10.6. The van der Waals surface area contributed by atoms with Gasteiger partial charge in [-0.25, -0.2) is 0 Å². The quantitative estimate of drug-likeness (QED) is 0.500. The minimum Gasteiger partial charge on any atom is -0.493 e. The first-order valence-corrected chi connectivity index (χ1v) is 11.8. The Kier molecular flexibility index (Phi) is 7.32. The number of carbonyl (C=O) groups is 2. The Bertz CT molecular complexity index is 1170. The van der Waals surface area contributed by atoms with E-state index in [2.05, 4.69) is 15.6 Å². The molecule has 0 spiro atoms. The second-order valence-corrected chi connectivity index (χ2v) is 8.93. The van der Waals surface area contributed by atoms with Gasteiger partial charge in [-0.15, -0.1) is 11.3 Å². The van der Waals surface area contributed by atoms with Crippen molar-refractivity contribution in [2.75, 3.05) is 26.6 Å². The third-order valence-corrected chi connectivity index (χ3v) is 6.93. The number of hydrogen-bond acceptors (Lipinski definition) is 7. The van der Waals surface area contributed by atoms with E-state index in [1.165, 1.54) is 17.5 Å². The number of thiophene rings is 1. The average molecular weight is 482 g/mol. The first-order valence-electron chi connectivity index (χ1n) is 11.0. The minimum absolute atomic E-state index is 0.227. The van der Waals surface area contributed by atoms with Gasteiger partial charge in [-0.05, 0) is 61.1 Å². The predicted molar refractivity (Wildman–Crippen MR) is 130 cm³/mol. The number of rotatable bonds is 8. The van der Waals surface area contributed by atoms with Crippen molar-refractivity contribution >= 4 is 28.2 Å². The van der Waals surface area contributed by atoms with Crippen LogP contribution in [0.5, 0.6) is 17.2 Å². The van der Waals surface area contributed by atoms with Gasteiger partial charge in [-0.3, -0.25) is 14.6 Å². The zero-order valence-electron chi connectivity index (χ0n) is 19.4. The number of nitrogens with one attached hydrogen (secondary N) is 2. The summed E-state index contributed by atoms with van der Waals surface area (Å²) < 4.78 is 16.2. The van der Waals surface area contributed by atoms with Crippen molar-refractivity contribution in [3.63, 3.8) is 0 Å². The highest BCUT2D eigenvalue weighted by Gasteiger charge is 2.26. The van der Waals surface area contributed by atoms with Crippen LogP contribution >= 0.6 is 11.3 Å². The molecule has 0 saturated heterocycles. The summed E-state index contributed by atoms with van der Waals surface area (Å²) in [6, 6.07) is 7.01. The number of aryl methyl sites for hydroxylation is 1. The summed E-state index contributed by atoms with van der Waals surface area (Å²) in [5.74, 6) is 1.01. The number of aromatic nitrogens is 1. The molecule has 8 nitrogen and oxygen atoms in total. The van der Waals surface area contributed by atoms with Crippen LogP contribution in [0.25, 0.3) is 0 Å². The molecule has 1 aliphatic rings. The number of fused-ring (bicyclic) bond motifs is 1.